The Labute approximate surface area is 73.1 Å². The summed E-state index contributed by atoms with van der Waals surface area (Å²) in [6, 6.07) is 2.07. The molecule has 2 N–H and O–H groups in total. The summed E-state index contributed by atoms with van der Waals surface area (Å²) in [5.41, 5.74) is 4.96. The van der Waals surface area contributed by atoms with Crippen molar-refractivity contribution in [2.24, 2.45) is 5.73 Å². The van der Waals surface area contributed by atoms with E-state index in [1.165, 1.54) is 0 Å². The molecule has 0 aliphatic rings. The van der Waals surface area contributed by atoms with E-state index in [1.54, 1.807) is 18.7 Å². The minimum atomic E-state index is -0.683. The Hall–Kier alpha value is -0.200. The van der Waals surface area contributed by atoms with Crippen LogP contribution in [-0.2, 0) is 0 Å². The monoisotopic (exact) mass is 172 g/mol. The Balaban J connectivity index is 3.83. The predicted molar refractivity (Wildman–Crippen MR) is 50.4 cm³/mol. The van der Waals surface area contributed by atoms with Gasteiger partial charge in [-0.15, -0.1) is 0 Å². The van der Waals surface area contributed by atoms with Crippen molar-refractivity contribution < 1.29 is 0 Å². The van der Waals surface area contributed by atoms with Crippen LogP contribution in [0, 0.1) is 11.3 Å². The van der Waals surface area contributed by atoms with Crippen molar-refractivity contribution in [3.05, 3.63) is 0 Å². The summed E-state index contributed by atoms with van der Waals surface area (Å²) in [5.74, 6) is 0.688. The van der Waals surface area contributed by atoms with E-state index in [0.29, 0.717) is 5.75 Å². The topological polar surface area (TPSA) is 49.8 Å². The lowest BCUT2D eigenvalue weighted by molar-refractivity contribution is 0.674. The highest BCUT2D eigenvalue weighted by molar-refractivity contribution is 8.00. The van der Waals surface area contributed by atoms with E-state index in [2.05, 4.69) is 26.8 Å². The zero-order valence-electron chi connectivity index (χ0n) is 7.64. The van der Waals surface area contributed by atoms with E-state index in [0.717, 1.165) is 0 Å². The highest BCUT2D eigenvalue weighted by atomic mass is 32.2. The molecule has 0 aromatic heterocycles. The summed E-state index contributed by atoms with van der Waals surface area (Å²) in [7, 11) is 0. The van der Waals surface area contributed by atoms with Gasteiger partial charge in [-0.25, -0.2) is 0 Å². The van der Waals surface area contributed by atoms with E-state index < -0.39 is 5.54 Å². The zero-order chi connectivity index (χ0) is 9.12. The first kappa shape index (κ1) is 10.8. The average molecular weight is 172 g/mol. The second-order valence-electron chi connectivity index (χ2n) is 3.93. The van der Waals surface area contributed by atoms with Gasteiger partial charge in [0.15, 0.2) is 0 Å². The molecule has 1 atom stereocenters. The van der Waals surface area contributed by atoms with Gasteiger partial charge in [0.1, 0.15) is 5.54 Å². The number of nitrogens with two attached hydrogens (primary N) is 1. The molecule has 0 aromatic rings. The minimum Gasteiger partial charge on any atom is -0.313 e. The molecule has 0 rings (SSSR count). The fourth-order valence-electron chi connectivity index (χ4n) is 0.399. The third kappa shape index (κ3) is 6.21. The molecule has 11 heavy (non-hydrogen) atoms. The van der Waals surface area contributed by atoms with Crippen LogP contribution in [0.1, 0.15) is 27.7 Å². The van der Waals surface area contributed by atoms with Gasteiger partial charge in [-0.1, -0.05) is 20.8 Å². The first-order valence-electron chi connectivity index (χ1n) is 3.61. The molecule has 0 radical (unpaired) electrons. The third-order valence-corrected chi connectivity index (χ3v) is 2.67. The van der Waals surface area contributed by atoms with Gasteiger partial charge >= 0.3 is 0 Å². The molecule has 0 aliphatic carbocycles. The predicted octanol–water partition coefficient (Wildman–Crippen LogP) is 1.76. The molecule has 0 amide bonds. The van der Waals surface area contributed by atoms with Gasteiger partial charge < -0.3 is 5.73 Å². The third-order valence-electron chi connectivity index (χ3n) is 1.06. The van der Waals surface area contributed by atoms with Crippen LogP contribution in [0.3, 0.4) is 0 Å². The highest BCUT2D eigenvalue weighted by Gasteiger charge is 2.21. The summed E-state index contributed by atoms with van der Waals surface area (Å²) in [6.45, 7) is 8.10. The maximum absolute atomic E-state index is 8.60. The fraction of sp³-hybridized carbons (Fsp3) is 0.875. The Morgan fingerprint density at radius 2 is 1.82 bits per heavy atom. The van der Waals surface area contributed by atoms with E-state index in [9.17, 15) is 0 Å². The van der Waals surface area contributed by atoms with Crippen LogP contribution < -0.4 is 5.73 Å². The molecule has 0 spiro atoms. The van der Waals surface area contributed by atoms with E-state index in [-0.39, 0.29) is 4.75 Å². The van der Waals surface area contributed by atoms with Crippen LogP contribution in [0.2, 0.25) is 0 Å². The quantitative estimate of drug-likeness (QED) is 0.690. The summed E-state index contributed by atoms with van der Waals surface area (Å²) >= 11 is 1.72. The van der Waals surface area contributed by atoms with Crippen LogP contribution in [0.4, 0.5) is 0 Å². The van der Waals surface area contributed by atoms with E-state index in [1.807, 2.05) is 0 Å². The molecule has 0 fully saturated rings. The molecule has 0 heterocycles. The minimum absolute atomic E-state index is 0.192. The van der Waals surface area contributed by atoms with Crippen molar-refractivity contribution >= 4 is 11.8 Å². The normalized spacial score (nSPS) is 17.1. The first-order valence-corrected chi connectivity index (χ1v) is 4.59. The van der Waals surface area contributed by atoms with Crippen LogP contribution in [0.25, 0.3) is 0 Å². The molecule has 3 heteroatoms. The van der Waals surface area contributed by atoms with Gasteiger partial charge in [-0.3, -0.25) is 0 Å². The van der Waals surface area contributed by atoms with Crippen molar-refractivity contribution in [2.45, 2.75) is 38.0 Å². The van der Waals surface area contributed by atoms with Crippen molar-refractivity contribution in [3.8, 4) is 6.07 Å². The maximum Gasteiger partial charge on any atom is 0.110 e. The number of nitrogens with zero attached hydrogens (tertiary/aromatic N) is 1. The molecular formula is C8H16N2S. The lowest BCUT2D eigenvalue weighted by atomic mass is 10.1. The summed E-state index contributed by atoms with van der Waals surface area (Å²) < 4.78 is 0.192. The summed E-state index contributed by atoms with van der Waals surface area (Å²) in [5, 5.41) is 8.60. The fourth-order valence-corrected chi connectivity index (χ4v) is 1.20. The molecule has 0 saturated carbocycles. The van der Waals surface area contributed by atoms with Crippen molar-refractivity contribution in [2.75, 3.05) is 5.75 Å². The number of thioether (sulfide) groups is 1. The molecule has 2 nitrogen and oxygen atoms in total. The summed E-state index contributed by atoms with van der Waals surface area (Å²) in [6.07, 6.45) is 0. The SMILES string of the molecule is CC(C)(C)SC[C@@](C)(N)C#N. The molecule has 0 bridgehead atoms. The number of hydrogen-bond donors (Lipinski definition) is 1. The van der Waals surface area contributed by atoms with Crippen molar-refractivity contribution in [1.82, 2.24) is 0 Å². The van der Waals surface area contributed by atoms with Gasteiger partial charge in [0.05, 0.1) is 6.07 Å². The molecule has 64 valence electrons. The molecule has 0 aromatic carbocycles. The zero-order valence-corrected chi connectivity index (χ0v) is 8.46. The van der Waals surface area contributed by atoms with Crippen LogP contribution in [0.5, 0.6) is 0 Å². The summed E-state index contributed by atoms with van der Waals surface area (Å²) in [4.78, 5) is 0. The average Bonchev–Trinajstić information content (AvgIpc) is 1.83. The Morgan fingerprint density at radius 1 is 1.36 bits per heavy atom. The van der Waals surface area contributed by atoms with Gasteiger partial charge in [-0.05, 0) is 6.92 Å². The molecule has 0 saturated heterocycles. The number of rotatable bonds is 2. The van der Waals surface area contributed by atoms with Gasteiger partial charge in [-0.2, -0.15) is 17.0 Å². The number of nitriles is 1. The smallest absolute Gasteiger partial charge is 0.110 e. The van der Waals surface area contributed by atoms with Crippen molar-refractivity contribution in [1.29, 1.82) is 5.26 Å². The Morgan fingerprint density at radius 3 is 2.09 bits per heavy atom. The van der Waals surface area contributed by atoms with E-state index >= 15 is 0 Å². The maximum atomic E-state index is 8.60. The lowest BCUT2D eigenvalue weighted by Gasteiger charge is -2.22. The van der Waals surface area contributed by atoms with Crippen LogP contribution >= 0.6 is 11.8 Å². The van der Waals surface area contributed by atoms with Crippen LogP contribution in [-0.4, -0.2) is 16.0 Å². The largest absolute Gasteiger partial charge is 0.313 e. The Bertz CT molecular complexity index is 162. The first-order chi connectivity index (χ1) is 4.77. The molecule has 0 aliphatic heterocycles. The van der Waals surface area contributed by atoms with Gasteiger partial charge in [0, 0.05) is 10.5 Å². The van der Waals surface area contributed by atoms with Gasteiger partial charge in [0.2, 0.25) is 0 Å². The Kier molecular flexibility index (Phi) is 3.40. The standard InChI is InChI=1S/C8H16N2S/c1-7(2,3)11-6-8(4,10)5-9/h6,10H2,1-4H3/t8-/m0/s1. The van der Waals surface area contributed by atoms with Crippen molar-refractivity contribution in [3.63, 3.8) is 0 Å². The molecular weight excluding hydrogens is 156 g/mol. The number of hydrogen-bond acceptors (Lipinski definition) is 3. The van der Waals surface area contributed by atoms with E-state index in [4.69, 9.17) is 11.0 Å². The second-order valence-corrected chi connectivity index (χ2v) is 5.73. The second kappa shape index (κ2) is 3.46. The highest BCUT2D eigenvalue weighted by Crippen LogP contribution is 2.25. The van der Waals surface area contributed by atoms with Gasteiger partial charge in [0.25, 0.3) is 0 Å². The lowest BCUT2D eigenvalue weighted by Crippen LogP contribution is -2.38. The van der Waals surface area contributed by atoms with Crippen LogP contribution in [0.15, 0.2) is 0 Å². The molecule has 0 unspecified atom stereocenters.